The number of carboxylic acids is 1. The first-order valence-corrected chi connectivity index (χ1v) is 5.18. The first-order valence-electron chi connectivity index (χ1n) is 4.55. The summed E-state index contributed by atoms with van der Waals surface area (Å²) in [5.74, 6) is -1.79. The van der Waals surface area contributed by atoms with Crippen molar-refractivity contribution in [1.29, 1.82) is 0 Å². The Morgan fingerprint density at radius 3 is 2.19 bits per heavy atom. The van der Waals surface area contributed by atoms with Crippen molar-refractivity contribution in [3.05, 3.63) is 0 Å². The highest BCUT2D eigenvalue weighted by Gasteiger charge is 2.21. The van der Waals surface area contributed by atoms with Gasteiger partial charge in [0.15, 0.2) is 6.10 Å². The number of hydrogen-bond donors (Lipinski definition) is 1. The molecule has 0 N–H and O–H groups in total. The number of carboxylic acid groups (broad SMARTS) is 1. The Hall–Kier alpha value is -0.460. The largest absolute Gasteiger partial charge is 0.550 e. The van der Waals surface area contributed by atoms with Gasteiger partial charge < -0.3 is 19.1 Å². The second-order valence-electron chi connectivity index (χ2n) is 4.32. The van der Waals surface area contributed by atoms with Crippen molar-refractivity contribution in [1.82, 2.24) is 0 Å². The molecular weight excluding hydrogens is 254 g/mol. The van der Waals surface area contributed by atoms with Gasteiger partial charge >= 0.3 is 5.97 Å². The summed E-state index contributed by atoms with van der Waals surface area (Å²) in [6, 6.07) is 0. The highest BCUT2D eigenvalue weighted by atomic mass is 35.5. The summed E-state index contributed by atoms with van der Waals surface area (Å²) < 4.78 is 5.45. The van der Waals surface area contributed by atoms with E-state index < -0.39 is 18.0 Å². The predicted octanol–water partition coefficient (Wildman–Crippen LogP) is -0.904. The van der Waals surface area contributed by atoms with Crippen LogP contribution in [0.3, 0.4) is 0 Å². The molecule has 1 unspecified atom stereocenters. The lowest BCUT2D eigenvalue weighted by molar-refractivity contribution is -0.873. The summed E-state index contributed by atoms with van der Waals surface area (Å²) in [6.45, 7) is 0.424. The number of nitrogens with zero attached hydrogens (tertiary/aromatic N) is 1. The van der Waals surface area contributed by atoms with Crippen LogP contribution >= 0.6 is 25.0 Å². The average molecular weight is 272 g/mol. The van der Waals surface area contributed by atoms with Crippen LogP contribution < -0.4 is 5.11 Å². The van der Waals surface area contributed by atoms with Crippen LogP contribution in [0.5, 0.6) is 0 Å². The van der Waals surface area contributed by atoms with Crippen LogP contribution in [0.1, 0.15) is 6.42 Å². The van der Waals surface area contributed by atoms with Crippen molar-refractivity contribution < 1.29 is 23.9 Å². The molecule has 0 saturated heterocycles. The van der Waals surface area contributed by atoms with E-state index in [0.29, 0.717) is 11.0 Å². The zero-order valence-corrected chi connectivity index (χ0v) is 11.3. The standard InChI is InChI=1S/C9H17NO4S.ClH/c1-10(2,3)5-7(4-8(11)12)14-9(13)6-15;/h7H,4-6H2,1-3H3,(H-,11,12,15);1H. The van der Waals surface area contributed by atoms with Crippen molar-refractivity contribution >= 4 is 37.0 Å². The van der Waals surface area contributed by atoms with Crippen LogP contribution in [0.4, 0.5) is 0 Å². The molecule has 0 aliphatic carbocycles. The molecule has 0 amide bonds. The average Bonchev–Trinajstić information content (AvgIpc) is 1.99. The molecule has 0 aromatic rings. The minimum absolute atomic E-state index is 0. The lowest BCUT2D eigenvalue weighted by Gasteiger charge is -2.29. The molecule has 0 spiro atoms. The number of rotatable bonds is 6. The van der Waals surface area contributed by atoms with Crippen molar-refractivity contribution in [3.63, 3.8) is 0 Å². The second-order valence-corrected chi connectivity index (χ2v) is 4.64. The van der Waals surface area contributed by atoms with Crippen LogP contribution in [0, 0.1) is 0 Å². The molecule has 1 atom stereocenters. The molecule has 0 fully saturated rings. The van der Waals surface area contributed by atoms with Crippen LogP contribution in [-0.2, 0) is 14.3 Å². The van der Waals surface area contributed by atoms with E-state index in [1.807, 2.05) is 21.1 Å². The van der Waals surface area contributed by atoms with Crippen LogP contribution in [-0.4, -0.2) is 56.0 Å². The summed E-state index contributed by atoms with van der Waals surface area (Å²) in [5.41, 5.74) is 0. The zero-order valence-electron chi connectivity index (χ0n) is 9.63. The Labute approximate surface area is 107 Å². The number of halogens is 1. The van der Waals surface area contributed by atoms with Gasteiger partial charge in [-0.15, -0.1) is 12.4 Å². The number of ether oxygens (including phenoxy) is 1. The number of carbonyl (C=O) groups is 2. The van der Waals surface area contributed by atoms with E-state index >= 15 is 0 Å². The third-order valence-electron chi connectivity index (χ3n) is 1.57. The Bertz CT molecular complexity index is 242. The number of quaternary nitrogens is 1. The van der Waals surface area contributed by atoms with E-state index in [-0.39, 0.29) is 24.6 Å². The third-order valence-corrected chi connectivity index (χ3v) is 1.83. The Balaban J connectivity index is 0. The minimum Gasteiger partial charge on any atom is -0.550 e. The van der Waals surface area contributed by atoms with E-state index in [2.05, 4.69) is 12.6 Å². The van der Waals surface area contributed by atoms with Crippen molar-refractivity contribution in [2.45, 2.75) is 12.5 Å². The van der Waals surface area contributed by atoms with Crippen LogP contribution in [0.25, 0.3) is 0 Å². The molecule has 0 aliphatic heterocycles. The molecule has 96 valence electrons. The smallest absolute Gasteiger partial charge is 0.316 e. The maximum atomic E-state index is 11.0. The van der Waals surface area contributed by atoms with E-state index in [1.165, 1.54) is 0 Å². The summed E-state index contributed by atoms with van der Waals surface area (Å²) >= 11 is 3.75. The van der Waals surface area contributed by atoms with Gasteiger partial charge in [0.1, 0.15) is 6.54 Å². The minimum atomic E-state index is -1.22. The summed E-state index contributed by atoms with van der Waals surface area (Å²) in [5, 5.41) is 10.4. The Morgan fingerprint density at radius 2 is 1.88 bits per heavy atom. The van der Waals surface area contributed by atoms with E-state index in [9.17, 15) is 14.7 Å². The zero-order chi connectivity index (χ0) is 12.1. The molecule has 0 rings (SSSR count). The molecule has 0 saturated carbocycles. The number of esters is 1. The van der Waals surface area contributed by atoms with Crippen molar-refractivity contribution in [2.75, 3.05) is 33.4 Å². The third kappa shape index (κ3) is 10.1. The molecule has 0 aliphatic rings. The monoisotopic (exact) mass is 271 g/mol. The van der Waals surface area contributed by atoms with Crippen molar-refractivity contribution in [2.24, 2.45) is 0 Å². The SMILES string of the molecule is C[N+](C)(C)CC(CC(=O)[O-])OC(=O)CS.Cl. The van der Waals surface area contributed by atoms with E-state index in [4.69, 9.17) is 4.74 Å². The fraction of sp³-hybridized carbons (Fsp3) is 0.778. The molecule has 5 nitrogen and oxygen atoms in total. The quantitative estimate of drug-likeness (QED) is 0.386. The number of aliphatic carboxylic acids is 1. The molecule has 7 heteroatoms. The van der Waals surface area contributed by atoms with Crippen LogP contribution in [0.15, 0.2) is 0 Å². The van der Waals surface area contributed by atoms with Crippen molar-refractivity contribution in [3.8, 4) is 0 Å². The summed E-state index contributed by atoms with van der Waals surface area (Å²) in [4.78, 5) is 21.4. The maximum absolute atomic E-state index is 11.0. The van der Waals surface area contributed by atoms with Gasteiger partial charge in [0.2, 0.25) is 0 Å². The number of thiol groups is 1. The Kier molecular flexibility index (Phi) is 8.69. The van der Waals surface area contributed by atoms with E-state index in [0.717, 1.165) is 0 Å². The van der Waals surface area contributed by atoms with Gasteiger partial charge in [0.05, 0.1) is 26.9 Å². The number of carbonyl (C=O) groups excluding carboxylic acids is 2. The summed E-state index contributed by atoms with van der Waals surface area (Å²) in [6.07, 6.45) is -0.940. The second kappa shape index (κ2) is 7.76. The highest BCUT2D eigenvalue weighted by molar-refractivity contribution is 7.81. The maximum Gasteiger partial charge on any atom is 0.316 e. The van der Waals surface area contributed by atoms with Gasteiger partial charge in [-0.05, 0) is 0 Å². The lowest BCUT2D eigenvalue weighted by atomic mass is 10.2. The van der Waals surface area contributed by atoms with Gasteiger partial charge in [0, 0.05) is 12.4 Å². The lowest BCUT2D eigenvalue weighted by Crippen LogP contribution is -2.45. The highest BCUT2D eigenvalue weighted by Crippen LogP contribution is 2.05. The first kappa shape index (κ1) is 17.9. The van der Waals surface area contributed by atoms with Gasteiger partial charge in [0.25, 0.3) is 0 Å². The predicted molar refractivity (Wildman–Crippen MR) is 63.5 cm³/mol. The molecule has 0 aromatic heterocycles. The molecule has 0 heterocycles. The number of hydrogen-bond acceptors (Lipinski definition) is 5. The first-order chi connectivity index (χ1) is 6.74. The molecule has 16 heavy (non-hydrogen) atoms. The molecule has 0 aromatic carbocycles. The van der Waals surface area contributed by atoms with Gasteiger partial charge in [-0.2, -0.15) is 12.6 Å². The van der Waals surface area contributed by atoms with Gasteiger partial charge in [-0.1, -0.05) is 0 Å². The molecular formula is C9H18ClNO4S. The van der Waals surface area contributed by atoms with E-state index in [1.54, 1.807) is 0 Å². The van der Waals surface area contributed by atoms with Crippen LogP contribution in [0.2, 0.25) is 0 Å². The Morgan fingerprint density at radius 1 is 1.38 bits per heavy atom. The number of likely N-dealkylation sites (N-methyl/N-ethyl adjacent to an activating group) is 1. The molecule has 0 bridgehead atoms. The van der Waals surface area contributed by atoms with Gasteiger partial charge in [-0.25, -0.2) is 0 Å². The topological polar surface area (TPSA) is 66.4 Å². The molecule has 0 radical (unpaired) electrons. The van der Waals surface area contributed by atoms with Gasteiger partial charge in [-0.3, -0.25) is 4.79 Å². The fourth-order valence-electron chi connectivity index (χ4n) is 1.16. The fourth-order valence-corrected chi connectivity index (χ4v) is 1.24. The normalized spacial score (nSPS) is 12.5. The summed E-state index contributed by atoms with van der Waals surface area (Å²) in [7, 11) is 5.66.